The van der Waals surface area contributed by atoms with E-state index in [1.54, 1.807) is 6.20 Å². The maximum atomic E-state index is 6.04. The van der Waals surface area contributed by atoms with Gasteiger partial charge in [0.1, 0.15) is 0 Å². The lowest BCUT2D eigenvalue weighted by atomic mass is 9.97. The molecule has 1 atom stereocenters. The summed E-state index contributed by atoms with van der Waals surface area (Å²) in [6, 6.07) is 10.8. The lowest BCUT2D eigenvalue weighted by Gasteiger charge is -2.20. The van der Waals surface area contributed by atoms with Gasteiger partial charge in [0.05, 0.1) is 0 Å². The summed E-state index contributed by atoms with van der Waals surface area (Å²) in [5.41, 5.74) is 10.5. The molecule has 0 aliphatic carbocycles. The van der Waals surface area contributed by atoms with E-state index in [1.165, 1.54) is 11.1 Å². The van der Waals surface area contributed by atoms with Crippen LogP contribution >= 0.6 is 0 Å². The van der Waals surface area contributed by atoms with E-state index in [0.717, 1.165) is 30.6 Å². The molecule has 2 aromatic rings. The second-order valence-corrected chi connectivity index (χ2v) is 5.20. The smallest absolute Gasteiger partial charge is 0.0378 e. The van der Waals surface area contributed by atoms with Crippen LogP contribution in [0.15, 0.2) is 42.7 Å². The van der Waals surface area contributed by atoms with Gasteiger partial charge in [0.25, 0.3) is 0 Å². The standard InChI is InChI=1S/C17H23N3/c1-3-8-20-17(14-6-4-5-13(2)10-14)11-15-12-19-9-7-16(15)18/h4-7,9-10,12,17,20H,3,8,11H2,1-2H3,(H2,18,19). The Balaban J connectivity index is 2.21. The monoisotopic (exact) mass is 269 g/mol. The molecule has 1 aromatic heterocycles. The Labute approximate surface area is 121 Å². The highest BCUT2D eigenvalue weighted by molar-refractivity contribution is 5.45. The lowest BCUT2D eigenvalue weighted by Crippen LogP contribution is -2.24. The Morgan fingerprint density at radius 1 is 1.30 bits per heavy atom. The number of nitrogens with two attached hydrogens (primary N) is 1. The number of hydrogen-bond acceptors (Lipinski definition) is 3. The summed E-state index contributed by atoms with van der Waals surface area (Å²) in [6.45, 7) is 5.30. The van der Waals surface area contributed by atoms with Crippen LogP contribution in [-0.2, 0) is 6.42 Å². The van der Waals surface area contributed by atoms with E-state index in [9.17, 15) is 0 Å². The predicted molar refractivity (Wildman–Crippen MR) is 84.6 cm³/mol. The normalized spacial score (nSPS) is 12.3. The quantitative estimate of drug-likeness (QED) is 0.846. The van der Waals surface area contributed by atoms with Gasteiger partial charge >= 0.3 is 0 Å². The third kappa shape index (κ3) is 3.81. The van der Waals surface area contributed by atoms with Crippen molar-refractivity contribution in [2.24, 2.45) is 0 Å². The molecule has 0 aliphatic rings. The molecule has 0 aliphatic heterocycles. The number of hydrogen-bond donors (Lipinski definition) is 2. The Morgan fingerprint density at radius 2 is 2.15 bits per heavy atom. The van der Waals surface area contributed by atoms with E-state index < -0.39 is 0 Å². The van der Waals surface area contributed by atoms with Crippen LogP contribution in [0, 0.1) is 6.92 Å². The van der Waals surface area contributed by atoms with Crippen LogP contribution in [0.3, 0.4) is 0 Å². The number of nitrogens with one attached hydrogen (secondary N) is 1. The molecule has 0 radical (unpaired) electrons. The average Bonchev–Trinajstić information content (AvgIpc) is 2.45. The minimum atomic E-state index is 0.279. The number of aryl methyl sites for hydroxylation is 1. The minimum absolute atomic E-state index is 0.279. The van der Waals surface area contributed by atoms with Gasteiger partial charge in [-0.1, -0.05) is 36.8 Å². The first kappa shape index (κ1) is 14.5. The Hall–Kier alpha value is -1.87. The molecule has 0 amide bonds. The molecule has 3 N–H and O–H groups in total. The molecule has 1 aromatic carbocycles. The number of rotatable bonds is 6. The largest absolute Gasteiger partial charge is 0.398 e. The third-order valence-electron chi connectivity index (χ3n) is 3.45. The fraction of sp³-hybridized carbons (Fsp3) is 0.353. The topological polar surface area (TPSA) is 50.9 Å². The highest BCUT2D eigenvalue weighted by Gasteiger charge is 2.13. The van der Waals surface area contributed by atoms with E-state index >= 15 is 0 Å². The van der Waals surface area contributed by atoms with Gasteiger partial charge < -0.3 is 11.1 Å². The van der Waals surface area contributed by atoms with Gasteiger partial charge in [0.15, 0.2) is 0 Å². The van der Waals surface area contributed by atoms with Gasteiger partial charge in [-0.05, 0) is 43.5 Å². The maximum absolute atomic E-state index is 6.04. The molecule has 0 spiro atoms. The molecule has 0 saturated heterocycles. The van der Waals surface area contributed by atoms with Crippen LogP contribution in [0.25, 0.3) is 0 Å². The van der Waals surface area contributed by atoms with Crippen molar-refractivity contribution in [2.45, 2.75) is 32.7 Å². The van der Waals surface area contributed by atoms with Crippen molar-refractivity contribution >= 4 is 5.69 Å². The van der Waals surface area contributed by atoms with Gasteiger partial charge in [-0.15, -0.1) is 0 Å². The molecule has 1 heterocycles. The second-order valence-electron chi connectivity index (χ2n) is 5.20. The van der Waals surface area contributed by atoms with Crippen molar-refractivity contribution in [3.63, 3.8) is 0 Å². The van der Waals surface area contributed by atoms with Crippen LogP contribution in [0.5, 0.6) is 0 Å². The summed E-state index contributed by atoms with van der Waals surface area (Å²) in [4.78, 5) is 4.18. The minimum Gasteiger partial charge on any atom is -0.398 e. The molecule has 1 unspecified atom stereocenters. The Kier molecular flexibility index (Phi) is 5.13. The predicted octanol–water partition coefficient (Wildman–Crippen LogP) is 3.26. The highest BCUT2D eigenvalue weighted by atomic mass is 14.9. The summed E-state index contributed by atoms with van der Waals surface area (Å²) in [7, 11) is 0. The molecule has 0 bridgehead atoms. The van der Waals surface area contributed by atoms with Gasteiger partial charge in [-0.2, -0.15) is 0 Å². The number of nitrogens with zero attached hydrogens (tertiary/aromatic N) is 1. The summed E-state index contributed by atoms with van der Waals surface area (Å²) in [5.74, 6) is 0. The SMILES string of the molecule is CCCNC(Cc1cnccc1N)c1cccc(C)c1. The first-order valence-corrected chi connectivity index (χ1v) is 7.19. The first-order valence-electron chi connectivity index (χ1n) is 7.19. The van der Waals surface area contributed by atoms with Crippen molar-refractivity contribution in [3.8, 4) is 0 Å². The summed E-state index contributed by atoms with van der Waals surface area (Å²) >= 11 is 0. The van der Waals surface area contributed by atoms with Crippen LogP contribution in [0.4, 0.5) is 5.69 Å². The number of benzene rings is 1. The van der Waals surface area contributed by atoms with Gasteiger partial charge in [-0.3, -0.25) is 4.98 Å². The molecule has 20 heavy (non-hydrogen) atoms. The Morgan fingerprint density at radius 3 is 2.85 bits per heavy atom. The second kappa shape index (κ2) is 7.06. The summed E-state index contributed by atoms with van der Waals surface area (Å²) in [6.07, 6.45) is 5.58. The highest BCUT2D eigenvalue weighted by Crippen LogP contribution is 2.22. The zero-order valence-electron chi connectivity index (χ0n) is 12.3. The molecule has 3 heteroatoms. The first-order chi connectivity index (χ1) is 9.70. The molecule has 3 nitrogen and oxygen atoms in total. The van der Waals surface area contributed by atoms with E-state index in [0.29, 0.717) is 0 Å². The van der Waals surface area contributed by atoms with Crippen LogP contribution in [0.1, 0.15) is 36.1 Å². The summed E-state index contributed by atoms with van der Waals surface area (Å²) < 4.78 is 0. The third-order valence-corrected chi connectivity index (χ3v) is 3.45. The van der Waals surface area contributed by atoms with Crippen molar-refractivity contribution in [1.29, 1.82) is 0 Å². The zero-order valence-corrected chi connectivity index (χ0v) is 12.3. The zero-order chi connectivity index (χ0) is 14.4. The van der Waals surface area contributed by atoms with Crippen molar-refractivity contribution in [1.82, 2.24) is 10.3 Å². The van der Waals surface area contributed by atoms with E-state index in [2.05, 4.69) is 48.4 Å². The van der Waals surface area contributed by atoms with Gasteiger partial charge in [0.2, 0.25) is 0 Å². The molecule has 0 fully saturated rings. The molecule has 2 rings (SSSR count). The summed E-state index contributed by atoms with van der Waals surface area (Å²) in [5, 5.41) is 3.61. The van der Waals surface area contributed by atoms with Crippen molar-refractivity contribution in [2.75, 3.05) is 12.3 Å². The lowest BCUT2D eigenvalue weighted by molar-refractivity contribution is 0.529. The van der Waals surface area contributed by atoms with E-state index in [-0.39, 0.29) is 6.04 Å². The number of aromatic nitrogens is 1. The molecular formula is C17H23N3. The van der Waals surface area contributed by atoms with Crippen LogP contribution in [-0.4, -0.2) is 11.5 Å². The Bertz CT molecular complexity index is 551. The van der Waals surface area contributed by atoms with Gasteiger partial charge in [-0.25, -0.2) is 0 Å². The molecule has 106 valence electrons. The maximum Gasteiger partial charge on any atom is 0.0378 e. The fourth-order valence-corrected chi connectivity index (χ4v) is 2.34. The molecular weight excluding hydrogens is 246 g/mol. The van der Waals surface area contributed by atoms with E-state index in [1.807, 2.05) is 12.3 Å². The van der Waals surface area contributed by atoms with Crippen LogP contribution < -0.4 is 11.1 Å². The number of anilines is 1. The van der Waals surface area contributed by atoms with Gasteiger partial charge in [0, 0.05) is 24.1 Å². The van der Waals surface area contributed by atoms with Crippen LogP contribution in [0.2, 0.25) is 0 Å². The average molecular weight is 269 g/mol. The van der Waals surface area contributed by atoms with Crippen molar-refractivity contribution in [3.05, 3.63) is 59.4 Å². The fourth-order valence-electron chi connectivity index (χ4n) is 2.34. The van der Waals surface area contributed by atoms with E-state index in [4.69, 9.17) is 5.73 Å². The molecule has 0 saturated carbocycles. The number of pyridine rings is 1. The van der Waals surface area contributed by atoms with Crippen molar-refractivity contribution < 1.29 is 0 Å². The number of nitrogen functional groups attached to an aromatic ring is 1.